The minimum Gasteiger partial charge on any atom is -0.361 e. The van der Waals surface area contributed by atoms with Crippen molar-refractivity contribution < 1.29 is 23.1 Å². The average Bonchev–Trinajstić information content (AvgIpc) is 3.78. The molecule has 2 aliphatic rings. The lowest BCUT2D eigenvalue weighted by molar-refractivity contribution is -0.137. The maximum atomic E-state index is 16.3. The van der Waals surface area contributed by atoms with E-state index in [1.807, 2.05) is 71.3 Å². The quantitative estimate of drug-likeness (QED) is 0.0708. The lowest BCUT2D eigenvalue weighted by atomic mass is 9.88. The highest BCUT2D eigenvalue weighted by atomic mass is 28.3. The number of nitrogens with zero attached hydrogens (tertiary/aromatic N) is 6. The number of hydrogen-bond acceptors (Lipinski definition) is 6. The molecule has 1 atom stereocenters. The Balaban J connectivity index is 1.20. The number of aromatic nitrogens is 3. The molecule has 56 heavy (non-hydrogen) atoms. The molecule has 9 nitrogen and oxygen atoms in total. The van der Waals surface area contributed by atoms with Crippen LogP contribution in [0.5, 0.6) is 0 Å². The number of ether oxygens (including phenoxy) is 1. The summed E-state index contributed by atoms with van der Waals surface area (Å²) < 4.78 is 38.1. The van der Waals surface area contributed by atoms with E-state index in [2.05, 4.69) is 24.6 Å². The van der Waals surface area contributed by atoms with Gasteiger partial charge in [-0.1, -0.05) is 92.4 Å². The van der Waals surface area contributed by atoms with Crippen LogP contribution in [0.25, 0.3) is 11.0 Å². The van der Waals surface area contributed by atoms with Crippen LogP contribution >= 0.6 is 0 Å². The molecule has 1 saturated heterocycles. The zero-order valence-electron chi connectivity index (χ0n) is 31.6. The zero-order valence-corrected chi connectivity index (χ0v) is 32.6. The summed E-state index contributed by atoms with van der Waals surface area (Å²) in [5.74, 6) is -1.57. The summed E-state index contributed by atoms with van der Waals surface area (Å²) in [6.07, 6.45) is 3.48. The summed E-state index contributed by atoms with van der Waals surface area (Å²) in [5, 5.41) is 0. The van der Waals surface area contributed by atoms with Crippen molar-refractivity contribution in [3.05, 3.63) is 161 Å². The van der Waals surface area contributed by atoms with Crippen LogP contribution in [0.2, 0.25) is 25.7 Å². The number of likely N-dealkylation sites (tertiary alicyclic amines) is 1. The first-order valence-electron chi connectivity index (χ1n) is 18.8. The van der Waals surface area contributed by atoms with Gasteiger partial charge in [0.2, 0.25) is 0 Å². The van der Waals surface area contributed by atoms with E-state index in [1.54, 1.807) is 34.2 Å². The maximum Gasteiger partial charge on any atom is 0.257 e. The summed E-state index contributed by atoms with van der Waals surface area (Å²) in [6, 6.07) is 31.2. The van der Waals surface area contributed by atoms with Crippen LogP contribution in [0.15, 0.2) is 121 Å². The maximum absolute atomic E-state index is 16.3. The SMILES string of the molecule is C[Si](C)(C)CCOCn1c(CN2C(=O)c3cnccc3C23CCN(Cc2ccc(F)cc2)C3=O)cc2nc(N=C(c3ccccc3)c3ccccc3)c(F)cc21. The number of rotatable bonds is 12. The normalized spacial score (nSPS) is 16.7. The van der Waals surface area contributed by atoms with Crippen LogP contribution < -0.4 is 0 Å². The Hall–Kier alpha value is -5.85. The second kappa shape index (κ2) is 15.0. The highest BCUT2D eigenvalue weighted by molar-refractivity contribution is 6.76. The molecule has 0 bridgehead atoms. The molecule has 0 saturated carbocycles. The van der Waals surface area contributed by atoms with E-state index in [-0.39, 0.29) is 43.3 Å². The molecular formula is C44H42F2N6O3Si. The van der Waals surface area contributed by atoms with Crippen molar-refractivity contribution in [1.29, 1.82) is 0 Å². The number of aliphatic imine (C=N–C) groups is 1. The Morgan fingerprint density at radius 1 is 0.893 bits per heavy atom. The number of fused-ring (bicyclic) bond motifs is 3. The lowest BCUT2D eigenvalue weighted by Crippen LogP contribution is -2.49. The Kier molecular flexibility index (Phi) is 9.94. The highest BCUT2D eigenvalue weighted by Gasteiger charge is 2.59. The van der Waals surface area contributed by atoms with E-state index in [1.165, 1.54) is 24.4 Å². The second-order valence-electron chi connectivity index (χ2n) is 15.6. The number of benzene rings is 3. The van der Waals surface area contributed by atoms with E-state index in [0.29, 0.717) is 53.1 Å². The van der Waals surface area contributed by atoms with Crippen molar-refractivity contribution in [1.82, 2.24) is 24.3 Å². The molecule has 12 heteroatoms. The Morgan fingerprint density at radius 2 is 1.59 bits per heavy atom. The zero-order chi connectivity index (χ0) is 39.0. The number of halogens is 2. The second-order valence-corrected chi connectivity index (χ2v) is 21.2. The van der Waals surface area contributed by atoms with Crippen LogP contribution in [0.4, 0.5) is 14.6 Å². The van der Waals surface area contributed by atoms with E-state index in [9.17, 15) is 14.0 Å². The first-order chi connectivity index (χ1) is 27.0. The van der Waals surface area contributed by atoms with E-state index in [0.717, 1.165) is 22.7 Å². The molecule has 0 aliphatic carbocycles. The van der Waals surface area contributed by atoms with Crippen molar-refractivity contribution in [2.24, 2.45) is 4.99 Å². The molecule has 0 radical (unpaired) electrons. The number of carbonyl (C=O) groups is 2. The Bertz CT molecular complexity index is 2410. The molecule has 3 aromatic carbocycles. The first kappa shape index (κ1) is 37.1. The third kappa shape index (κ3) is 7.06. The molecule has 284 valence electrons. The smallest absolute Gasteiger partial charge is 0.257 e. The van der Waals surface area contributed by atoms with Gasteiger partial charge in [-0.15, -0.1) is 0 Å². The van der Waals surface area contributed by atoms with Crippen LogP contribution in [-0.2, 0) is 34.9 Å². The summed E-state index contributed by atoms with van der Waals surface area (Å²) in [5.41, 5.74) is 4.27. The standard InChI is InChI=1S/C44H42F2N6O3Si/c1-56(2,3)23-22-55-29-51-34(24-38-39(51)25-37(46)41(48-38)49-40(31-10-6-4-7-11-31)32-12-8-5-9-13-32)28-52-42(53)35-26-47-20-18-36(35)44(52)19-21-50(43(44)54)27-30-14-16-33(45)17-15-30/h4-18,20,24-26H,19,21-23,27-29H2,1-3H3. The molecule has 1 fully saturated rings. The number of hydrogen-bond donors (Lipinski definition) is 0. The first-order valence-corrected chi connectivity index (χ1v) is 22.5. The van der Waals surface area contributed by atoms with Gasteiger partial charge < -0.3 is 19.1 Å². The van der Waals surface area contributed by atoms with Gasteiger partial charge in [0, 0.05) is 75.0 Å². The van der Waals surface area contributed by atoms with Gasteiger partial charge in [-0.25, -0.2) is 18.8 Å². The molecular weight excluding hydrogens is 727 g/mol. The average molecular weight is 769 g/mol. The van der Waals surface area contributed by atoms with Crippen LogP contribution in [-0.4, -0.2) is 63.1 Å². The number of carbonyl (C=O) groups excluding carboxylic acids is 2. The van der Waals surface area contributed by atoms with Crippen molar-refractivity contribution >= 4 is 42.5 Å². The predicted octanol–water partition coefficient (Wildman–Crippen LogP) is 8.47. The Labute approximate surface area is 325 Å². The Morgan fingerprint density at radius 3 is 2.27 bits per heavy atom. The van der Waals surface area contributed by atoms with Crippen molar-refractivity contribution in [2.75, 3.05) is 13.2 Å². The third-order valence-electron chi connectivity index (χ3n) is 10.6. The highest BCUT2D eigenvalue weighted by Crippen LogP contribution is 2.47. The molecule has 5 heterocycles. The largest absolute Gasteiger partial charge is 0.361 e. The predicted molar refractivity (Wildman–Crippen MR) is 214 cm³/mol. The summed E-state index contributed by atoms with van der Waals surface area (Å²) in [7, 11) is -1.42. The number of pyridine rings is 2. The third-order valence-corrected chi connectivity index (χ3v) is 12.3. The monoisotopic (exact) mass is 768 g/mol. The summed E-state index contributed by atoms with van der Waals surface area (Å²) in [4.78, 5) is 46.1. The molecule has 2 amide bonds. The van der Waals surface area contributed by atoms with Gasteiger partial charge in [-0.2, -0.15) is 0 Å². The van der Waals surface area contributed by atoms with Crippen LogP contribution in [0.1, 0.15) is 44.7 Å². The molecule has 6 aromatic rings. The van der Waals surface area contributed by atoms with Crippen molar-refractivity contribution in [3.63, 3.8) is 0 Å². The van der Waals surface area contributed by atoms with Crippen LogP contribution in [0, 0.1) is 11.6 Å². The molecule has 3 aromatic heterocycles. The van der Waals surface area contributed by atoms with Crippen molar-refractivity contribution in [2.45, 2.75) is 57.5 Å². The van der Waals surface area contributed by atoms with E-state index < -0.39 is 19.4 Å². The van der Waals surface area contributed by atoms with Gasteiger partial charge in [0.1, 0.15) is 12.5 Å². The van der Waals surface area contributed by atoms with E-state index >= 15 is 4.39 Å². The van der Waals surface area contributed by atoms with Crippen LogP contribution in [0.3, 0.4) is 0 Å². The van der Waals surface area contributed by atoms with Crippen molar-refractivity contribution in [3.8, 4) is 0 Å². The fraction of sp³-hybridized carbons (Fsp3) is 0.250. The van der Waals surface area contributed by atoms with Gasteiger partial charge in [0.05, 0.1) is 28.9 Å². The van der Waals surface area contributed by atoms with Gasteiger partial charge in [-0.3, -0.25) is 14.6 Å². The minimum absolute atomic E-state index is 0.0247. The molecule has 8 rings (SSSR count). The fourth-order valence-corrected chi connectivity index (χ4v) is 8.43. The molecule has 1 unspecified atom stereocenters. The molecule has 2 aliphatic heterocycles. The molecule has 0 N–H and O–H groups in total. The van der Waals surface area contributed by atoms with Gasteiger partial charge in [0.25, 0.3) is 11.8 Å². The topological polar surface area (TPSA) is 92.9 Å². The summed E-state index contributed by atoms with van der Waals surface area (Å²) >= 11 is 0. The lowest BCUT2D eigenvalue weighted by Gasteiger charge is -2.34. The molecule has 1 spiro atoms. The van der Waals surface area contributed by atoms with Gasteiger partial charge in [-0.05, 0) is 35.9 Å². The number of amides is 2. The fourth-order valence-electron chi connectivity index (χ4n) is 7.67. The van der Waals surface area contributed by atoms with Gasteiger partial charge in [0.15, 0.2) is 17.2 Å². The summed E-state index contributed by atoms with van der Waals surface area (Å²) in [6.45, 7) is 8.13. The minimum atomic E-state index is -1.42. The van der Waals surface area contributed by atoms with E-state index in [4.69, 9.17) is 14.7 Å². The van der Waals surface area contributed by atoms with Gasteiger partial charge >= 0.3 is 0 Å².